The van der Waals surface area contributed by atoms with Crippen molar-refractivity contribution in [3.8, 4) is 0 Å². The summed E-state index contributed by atoms with van der Waals surface area (Å²) in [6.07, 6.45) is 2.41. The second-order valence-electron chi connectivity index (χ2n) is 7.51. The highest BCUT2D eigenvalue weighted by Gasteiger charge is 2.21. The van der Waals surface area contributed by atoms with Crippen molar-refractivity contribution in [1.29, 1.82) is 0 Å². The number of sulfonamides is 1. The standard InChI is InChI=1S/C21H27FN2O2S/c1-15-10-12-24(13-11-15)20-7-4-18(5-8-20)17(3)23-27(25,26)21-9-6-19(22)14-16(21)2/h4-9,14-15,17,23H,10-13H2,1-3H3. The van der Waals surface area contributed by atoms with E-state index in [0.717, 1.165) is 24.6 Å². The largest absolute Gasteiger partial charge is 0.372 e. The number of benzene rings is 2. The maximum Gasteiger partial charge on any atom is 0.241 e. The smallest absolute Gasteiger partial charge is 0.241 e. The van der Waals surface area contributed by atoms with Crippen LogP contribution in [0.15, 0.2) is 47.4 Å². The van der Waals surface area contributed by atoms with E-state index in [4.69, 9.17) is 0 Å². The average molecular weight is 391 g/mol. The minimum absolute atomic E-state index is 0.106. The molecule has 0 aliphatic carbocycles. The normalized spacial score (nSPS) is 17.1. The van der Waals surface area contributed by atoms with E-state index >= 15 is 0 Å². The van der Waals surface area contributed by atoms with Crippen LogP contribution in [0.25, 0.3) is 0 Å². The van der Waals surface area contributed by atoms with E-state index in [1.165, 1.54) is 36.7 Å². The predicted octanol–water partition coefficient (Wildman–Crippen LogP) is 4.41. The molecule has 1 atom stereocenters. The van der Waals surface area contributed by atoms with Gasteiger partial charge in [-0.2, -0.15) is 0 Å². The van der Waals surface area contributed by atoms with E-state index in [1.807, 2.05) is 19.1 Å². The average Bonchev–Trinajstić information content (AvgIpc) is 2.62. The molecule has 146 valence electrons. The van der Waals surface area contributed by atoms with Gasteiger partial charge in [-0.1, -0.05) is 19.1 Å². The lowest BCUT2D eigenvalue weighted by Gasteiger charge is -2.32. The predicted molar refractivity (Wildman–Crippen MR) is 107 cm³/mol. The molecule has 1 aliphatic rings. The van der Waals surface area contributed by atoms with Crippen molar-refractivity contribution in [2.45, 2.75) is 44.6 Å². The molecule has 0 saturated carbocycles. The van der Waals surface area contributed by atoms with E-state index in [-0.39, 0.29) is 10.9 Å². The highest BCUT2D eigenvalue weighted by Crippen LogP contribution is 2.25. The van der Waals surface area contributed by atoms with E-state index < -0.39 is 15.8 Å². The number of halogens is 1. The first kappa shape index (κ1) is 19.8. The summed E-state index contributed by atoms with van der Waals surface area (Å²) in [4.78, 5) is 2.48. The zero-order valence-corrected chi connectivity index (χ0v) is 16.9. The number of anilines is 1. The van der Waals surface area contributed by atoms with Gasteiger partial charge in [0, 0.05) is 24.8 Å². The number of nitrogens with zero attached hydrogens (tertiary/aromatic N) is 1. The van der Waals surface area contributed by atoms with Crippen molar-refractivity contribution in [2.24, 2.45) is 5.92 Å². The van der Waals surface area contributed by atoms with Gasteiger partial charge in [0.05, 0.1) is 4.90 Å². The van der Waals surface area contributed by atoms with Crippen LogP contribution in [-0.2, 0) is 10.0 Å². The van der Waals surface area contributed by atoms with Crippen molar-refractivity contribution in [2.75, 3.05) is 18.0 Å². The summed E-state index contributed by atoms with van der Waals surface area (Å²) in [5, 5.41) is 0. The lowest BCUT2D eigenvalue weighted by Crippen LogP contribution is -2.32. The van der Waals surface area contributed by atoms with Crippen LogP contribution in [-0.4, -0.2) is 21.5 Å². The molecule has 0 radical (unpaired) electrons. The zero-order chi connectivity index (χ0) is 19.6. The Morgan fingerprint density at radius 2 is 1.74 bits per heavy atom. The number of rotatable bonds is 5. The van der Waals surface area contributed by atoms with Gasteiger partial charge in [0.15, 0.2) is 0 Å². The highest BCUT2D eigenvalue weighted by molar-refractivity contribution is 7.89. The third kappa shape index (κ3) is 4.68. The first-order chi connectivity index (χ1) is 12.8. The number of hydrogen-bond donors (Lipinski definition) is 1. The van der Waals surface area contributed by atoms with Gasteiger partial charge in [-0.05, 0) is 74.1 Å². The molecular formula is C21H27FN2O2S. The van der Waals surface area contributed by atoms with Crippen LogP contribution in [0.4, 0.5) is 10.1 Å². The first-order valence-electron chi connectivity index (χ1n) is 9.39. The second-order valence-corrected chi connectivity index (χ2v) is 9.20. The Bertz CT molecular complexity index is 889. The molecule has 6 heteroatoms. The molecule has 1 fully saturated rings. The number of piperidine rings is 1. The van der Waals surface area contributed by atoms with Crippen molar-refractivity contribution >= 4 is 15.7 Å². The van der Waals surface area contributed by atoms with Gasteiger partial charge in [-0.15, -0.1) is 0 Å². The molecule has 2 aromatic rings. The SMILES string of the molecule is Cc1cc(F)ccc1S(=O)(=O)NC(C)c1ccc(N2CCC(C)CC2)cc1. The fraction of sp³-hybridized carbons (Fsp3) is 0.429. The van der Waals surface area contributed by atoms with Gasteiger partial charge < -0.3 is 4.90 Å². The zero-order valence-electron chi connectivity index (χ0n) is 16.1. The fourth-order valence-corrected chi connectivity index (χ4v) is 4.98. The Morgan fingerprint density at radius 1 is 1.11 bits per heavy atom. The van der Waals surface area contributed by atoms with E-state index in [2.05, 4.69) is 28.7 Å². The van der Waals surface area contributed by atoms with Gasteiger partial charge in [-0.3, -0.25) is 0 Å². The maximum absolute atomic E-state index is 13.3. The van der Waals surface area contributed by atoms with Crippen LogP contribution < -0.4 is 9.62 Å². The van der Waals surface area contributed by atoms with Gasteiger partial charge in [0.2, 0.25) is 10.0 Å². The minimum Gasteiger partial charge on any atom is -0.372 e. The maximum atomic E-state index is 13.3. The van der Waals surface area contributed by atoms with Crippen LogP contribution in [0.1, 0.15) is 43.9 Å². The van der Waals surface area contributed by atoms with Gasteiger partial charge in [0.1, 0.15) is 5.82 Å². The monoisotopic (exact) mass is 390 g/mol. The van der Waals surface area contributed by atoms with Crippen molar-refractivity contribution in [3.63, 3.8) is 0 Å². The molecule has 27 heavy (non-hydrogen) atoms. The highest BCUT2D eigenvalue weighted by atomic mass is 32.2. The quantitative estimate of drug-likeness (QED) is 0.823. The van der Waals surface area contributed by atoms with Crippen molar-refractivity contribution in [1.82, 2.24) is 4.72 Å². The number of nitrogens with one attached hydrogen (secondary N) is 1. The van der Waals surface area contributed by atoms with Gasteiger partial charge >= 0.3 is 0 Å². The number of aryl methyl sites for hydroxylation is 1. The summed E-state index contributed by atoms with van der Waals surface area (Å²) in [7, 11) is -3.72. The Morgan fingerprint density at radius 3 is 2.33 bits per heavy atom. The Hall–Kier alpha value is -1.92. The molecule has 1 N–H and O–H groups in total. The first-order valence-corrected chi connectivity index (χ1v) is 10.9. The molecule has 0 amide bonds. The van der Waals surface area contributed by atoms with Crippen LogP contribution in [0.2, 0.25) is 0 Å². The third-order valence-corrected chi connectivity index (χ3v) is 7.00. The van der Waals surface area contributed by atoms with Crippen LogP contribution in [0.3, 0.4) is 0 Å². The lowest BCUT2D eigenvalue weighted by molar-refractivity contribution is 0.438. The van der Waals surface area contributed by atoms with E-state index in [0.29, 0.717) is 5.56 Å². The minimum atomic E-state index is -3.72. The lowest BCUT2D eigenvalue weighted by atomic mass is 9.98. The Labute approximate surface area is 161 Å². The van der Waals surface area contributed by atoms with Crippen molar-refractivity contribution in [3.05, 3.63) is 59.4 Å². The molecule has 2 aromatic carbocycles. The van der Waals surface area contributed by atoms with Crippen LogP contribution >= 0.6 is 0 Å². The molecule has 0 aromatic heterocycles. The summed E-state index contributed by atoms with van der Waals surface area (Å²) in [5.41, 5.74) is 2.46. The van der Waals surface area contributed by atoms with Gasteiger partial charge in [0.25, 0.3) is 0 Å². The van der Waals surface area contributed by atoms with Crippen molar-refractivity contribution < 1.29 is 12.8 Å². The van der Waals surface area contributed by atoms with E-state index in [9.17, 15) is 12.8 Å². The van der Waals surface area contributed by atoms with E-state index in [1.54, 1.807) is 6.92 Å². The summed E-state index contributed by atoms with van der Waals surface area (Å²) < 4.78 is 41.2. The molecule has 1 heterocycles. The van der Waals surface area contributed by atoms with Crippen LogP contribution in [0.5, 0.6) is 0 Å². The summed E-state index contributed by atoms with van der Waals surface area (Å²) in [6, 6.07) is 11.4. The summed E-state index contributed by atoms with van der Waals surface area (Å²) in [6.45, 7) is 7.82. The second kappa shape index (κ2) is 7.98. The fourth-order valence-electron chi connectivity index (χ4n) is 3.52. The molecule has 1 saturated heterocycles. The topological polar surface area (TPSA) is 49.4 Å². The van der Waals surface area contributed by atoms with Gasteiger partial charge in [-0.25, -0.2) is 17.5 Å². The van der Waals surface area contributed by atoms with Crippen LogP contribution in [0, 0.1) is 18.7 Å². The molecule has 3 rings (SSSR count). The molecule has 0 spiro atoms. The Kier molecular flexibility index (Phi) is 5.86. The molecular weight excluding hydrogens is 363 g/mol. The molecule has 1 unspecified atom stereocenters. The molecule has 1 aliphatic heterocycles. The third-order valence-electron chi connectivity index (χ3n) is 5.30. The molecule has 4 nitrogen and oxygen atoms in total. The summed E-state index contributed by atoms with van der Waals surface area (Å²) >= 11 is 0. The molecule has 0 bridgehead atoms. The number of hydrogen-bond acceptors (Lipinski definition) is 3. The summed E-state index contributed by atoms with van der Waals surface area (Å²) in [5.74, 6) is 0.340. The Balaban J connectivity index is 1.71.